The number of hydrogen-bond donors (Lipinski definition) is 1. The molecule has 1 aromatic rings. The summed E-state index contributed by atoms with van der Waals surface area (Å²) in [5.74, 6) is 2.56. The van der Waals surface area contributed by atoms with E-state index in [-0.39, 0.29) is 6.10 Å². The quantitative estimate of drug-likeness (QED) is 0.595. The first-order chi connectivity index (χ1) is 13.3. The second-order valence-electron chi connectivity index (χ2n) is 11.9. The van der Waals surface area contributed by atoms with Crippen LogP contribution in [0.5, 0.6) is 0 Å². The first-order valence-electron chi connectivity index (χ1n) is 11.8. The van der Waals surface area contributed by atoms with Crippen LogP contribution in [0.2, 0.25) is 0 Å². The van der Waals surface area contributed by atoms with Gasteiger partial charge in [-0.25, -0.2) is 0 Å². The number of benzene rings is 1. The summed E-state index contributed by atoms with van der Waals surface area (Å²) >= 11 is 0. The molecule has 5 aliphatic rings. The molecule has 0 bridgehead atoms. The van der Waals surface area contributed by atoms with E-state index in [9.17, 15) is 5.11 Å². The topological polar surface area (TPSA) is 20.2 Å². The van der Waals surface area contributed by atoms with Gasteiger partial charge < -0.3 is 5.11 Å². The Bertz CT molecular complexity index is 841. The fraction of sp³-hybridized carbons (Fsp3) is 0.704. The molecule has 1 heteroatoms. The lowest BCUT2D eigenvalue weighted by Gasteiger charge is -2.62. The zero-order valence-electron chi connectivity index (χ0n) is 17.9. The molecule has 1 nitrogen and oxygen atoms in total. The molecule has 1 spiro atoms. The molecule has 1 N–H and O–H groups in total. The van der Waals surface area contributed by atoms with Gasteiger partial charge in [0.2, 0.25) is 0 Å². The summed E-state index contributed by atoms with van der Waals surface area (Å²) in [6, 6.07) is 11.2. The SMILES string of the molecule is CC12C[C@H]3[C@@H]4CC=C(c5ccccc5)[C@@]4(C)CC[C@@H]3[C@@]3(C)CC[C@H](O)CC13C2. The molecule has 4 fully saturated rings. The Morgan fingerprint density at radius 3 is 2.50 bits per heavy atom. The molecule has 28 heavy (non-hydrogen) atoms. The summed E-state index contributed by atoms with van der Waals surface area (Å²) in [7, 11) is 0. The number of rotatable bonds is 1. The van der Waals surface area contributed by atoms with Crippen LogP contribution < -0.4 is 0 Å². The molecule has 8 atom stereocenters. The van der Waals surface area contributed by atoms with Gasteiger partial charge in [0, 0.05) is 0 Å². The fourth-order valence-electron chi connectivity index (χ4n) is 9.60. The van der Waals surface area contributed by atoms with Crippen molar-refractivity contribution in [1.82, 2.24) is 0 Å². The maximum absolute atomic E-state index is 10.5. The van der Waals surface area contributed by atoms with Crippen molar-refractivity contribution in [3.8, 4) is 0 Å². The lowest BCUT2D eigenvalue weighted by atomic mass is 9.42. The molecule has 0 aliphatic heterocycles. The molecule has 6 rings (SSSR count). The van der Waals surface area contributed by atoms with E-state index in [4.69, 9.17) is 0 Å². The van der Waals surface area contributed by atoms with Crippen molar-refractivity contribution in [3.63, 3.8) is 0 Å². The number of allylic oxidation sites excluding steroid dienone is 2. The van der Waals surface area contributed by atoms with E-state index in [1.54, 1.807) is 5.57 Å². The van der Waals surface area contributed by atoms with Gasteiger partial charge in [-0.1, -0.05) is 57.2 Å². The first kappa shape index (κ1) is 17.8. The van der Waals surface area contributed by atoms with Crippen molar-refractivity contribution in [3.05, 3.63) is 42.0 Å². The number of aliphatic hydroxyl groups excluding tert-OH is 1. The van der Waals surface area contributed by atoms with Gasteiger partial charge in [-0.15, -0.1) is 0 Å². The molecule has 4 saturated carbocycles. The van der Waals surface area contributed by atoms with Crippen molar-refractivity contribution in [1.29, 1.82) is 0 Å². The van der Waals surface area contributed by atoms with Gasteiger partial charge in [0.25, 0.3) is 0 Å². The van der Waals surface area contributed by atoms with E-state index < -0.39 is 0 Å². The monoisotopic (exact) mass is 376 g/mol. The molecule has 0 aromatic heterocycles. The third-order valence-electron chi connectivity index (χ3n) is 11.0. The van der Waals surface area contributed by atoms with Crippen molar-refractivity contribution < 1.29 is 5.11 Å². The first-order valence-corrected chi connectivity index (χ1v) is 11.8. The summed E-state index contributed by atoms with van der Waals surface area (Å²) in [6.07, 6.45) is 12.8. The predicted molar refractivity (Wildman–Crippen MR) is 115 cm³/mol. The van der Waals surface area contributed by atoms with E-state index in [2.05, 4.69) is 57.2 Å². The third kappa shape index (κ3) is 1.93. The Morgan fingerprint density at radius 2 is 1.71 bits per heavy atom. The maximum Gasteiger partial charge on any atom is 0.0546 e. The molecule has 0 radical (unpaired) electrons. The highest BCUT2D eigenvalue weighted by molar-refractivity contribution is 5.72. The van der Waals surface area contributed by atoms with Gasteiger partial charge in [-0.05, 0) is 102 Å². The van der Waals surface area contributed by atoms with Crippen LogP contribution in [0, 0.1) is 39.4 Å². The van der Waals surface area contributed by atoms with Gasteiger partial charge in [0.15, 0.2) is 0 Å². The van der Waals surface area contributed by atoms with Crippen molar-refractivity contribution in [2.45, 2.75) is 78.2 Å². The third-order valence-corrected chi connectivity index (χ3v) is 11.0. The number of fused-ring (bicyclic) bond motifs is 4. The smallest absolute Gasteiger partial charge is 0.0546 e. The molecule has 0 heterocycles. The van der Waals surface area contributed by atoms with Gasteiger partial charge in [0.1, 0.15) is 0 Å². The Balaban J connectivity index is 1.37. The lowest BCUT2D eigenvalue weighted by molar-refractivity contribution is -0.141. The Hall–Kier alpha value is -1.08. The molecular formula is C27H36O. The minimum atomic E-state index is -0.0434. The lowest BCUT2D eigenvalue weighted by Crippen LogP contribution is -2.56. The van der Waals surface area contributed by atoms with Gasteiger partial charge in [-0.2, -0.15) is 0 Å². The van der Waals surface area contributed by atoms with E-state index in [1.165, 1.54) is 44.1 Å². The van der Waals surface area contributed by atoms with Crippen LogP contribution in [-0.2, 0) is 0 Å². The fourth-order valence-corrected chi connectivity index (χ4v) is 9.60. The van der Waals surface area contributed by atoms with E-state index in [0.717, 1.165) is 30.6 Å². The predicted octanol–water partition coefficient (Wildman–Crippen LogP) is 6.47. The summed E-state index contributed by atoms with van der Waals surface area (Å²) in [6.45, 7) is 7.81. The summed E-state index contributed by atoms with van der Waals surface area (Å²) in [5.41, 5.74) is 4.84. The van der Waals surface area contributed by atoms with Crippen LogP contribution in [0.3, 0.4) is 0 Å². The Kier molecular flexibility index (Phi) is 3.38. The highest BCUT2D eigenvalue weighted by Crippen LogP contribution is 2.85. The average Bonchev–Trinajstić information content (AvgIpc) is 3.10. The van der Waals surface area contributed by atoms with Crippen LogP contribution in [0.15, 0.2) is 36.4 Å². The minimum absolute atomic E-state index is 0.0434. The molecule has 5 aliphatic carbocycles. The highest BCUT2D eigenvalue weighted by atomic mass is 16.3. The molecule has 0 amide bonds. The molecule has 0 saturated heterocycles. The molecule has 1 aromatic carbocycles. The van der Waals surface area contributed by atoms with Crippen LogP contribution >= 0.6 is 0 Å². The summed E-state index contributed by atoms with van der Waals surface area (Å²) < 4.78 is 0. The van der Waals surface area contributed by atoms with E-state index in [1.807, 2.05) is 0 Å². The van der Waals surface area contributed by atoms with Crippen LogP contribution in [0.4, 0.5) is 0 Å². The largest absolute Gasteiger partial charge is 0.393 e. The molecular weight excluding hydrogens is 340 g/mol. The van der Waals surface area contributed by atoms with Crippen LogP contribution in [-0.4, -0.2) is 11.2 Å². The summed E-state index contributed by atoms with van der Waals surface area (Å²) in [5, 5.41) is 10.5. The van der Waals surface area contributed by atoms with Crippen molar-refractivity contribution in [2.24, 2.45) is 39.4 Å². The molecule has 150 valence electrons. The standard InChI is InChI=1S/C27H36O/c1-24-16-20-22-10-9-21(18-7-5-4-6-8-18)25(22,2)13-12-23(20)26(3)14-11-19(28)15-27(24,26)17-24/h4-9,19-20,22-23,28H,10-17H2,1-3H3/t19-,20-,22-,23-,24?,25+,26+,27?/m0/s1. The zero-order valence-corrected chi connectivity index (χ0v) is 17.9. The normalized spacial score (nSPS) is 54.1. The molecule has 2 unspecified atom stereocenters. The maximum atomic E-state index is 10.5. The number of aliphatic hydroxyl groups is 1. The van der Waals surface area contributed by atoms with E-state index in [0.29, 0.717) is 21.7 Å². The number of hydrogen-bond acceptors (Lipinski definition) is 1. The zero-order chi connectivity index (χ0) is 19.4. The van der Waals surface area contributed by atoms with Gasteiger partial charge in [0.05, 0.1) is 6.10 Å². The van der Waals surface area contributed by atoms with Gasteiger partial charge >= 0.3 is 0 Å². The average molecular weight is 377 g/mol. The minimum Gasteiger partial charge on any atom is -0.393 e. The van der Waals surface area contributed by atoms with Gasteiger partial charge in [-0.3, -0.25) is 0 Å². The summed E-state index contributed by atoms with van der Waals surface area (Å²) in [4.78, 5) is 0. The Labute approximate surface area is 170 Å². The second kappa shape index (κ2) is 5.34. The van der Waals surface area contributed by atoms with Crippen LogP contribution in [0.25, 0.3) is 5.57 Å². The van der Waals surface area contributed by atoms with Crippen molar-refractivity contribution in [2.75, 3.05) is 0 Å². The van der Waals surface area contributed by atoms with E-state index >= 15 is 0 Å². The van der Waals surface area contributed by atoms with Crippen molar-refractivity contribution >= 4 is 5.57 Å². The Morgan fingerprint density at radius 1 is 0.929 bits per heavy atom. The second-order valence-corrected chi connectivity index (χ2v) is 11.9. The highest BCUT2D eigenvalue weighted by Gasteiger charge is 2.78. The van der Waals surface area contributed by atoms with Crippen LogP contribution in [0.1, 0.15) is 77.7 Å².